The average molecular weight is 372 g/mol. The Hall–Kier alpha value is -3.48. The van der Waals surface area contributed by atoms with Gasteiger partial charge in [-0.1, -0.05) is 6.07 Å². The monoisotopic (exact) mass is 372 g/mol. The highest BCUT2D eigenvalue weighted by atomic mass is 16.2. The number of fused-ring (bicyclic) bond motifs is 1. The SMILES string of the molecule is Cn1cccc1C(=O)N1CC[C@@H](c2nc3ccc(-c4cccnc4)cn3n2)C1. The zero-order valence-electron chi connectivity index (χ0n) is 15.6. The van der Waals surface area contributed by atoms with E-state index >= 15 is 0 Å². The normalized spacial score (nSPS) is 16.8. The lowest BCUT2D eigenvalue weighted by atomic mass is 10.1. The molecule has 0 saturated carbocycles. The van der Waals surface area contributed by atoms with E-state index in [9.17, 15) is 4.79 Å². The molecular weight excluding hydrogens is 352 g/mol. The number of pyridine rings is 2. The fraction of sp³-hybridized carbons (Fsp3) is 0.238. The third-order valence-corrected chi connectivity index (χ3v) is 5.35. The molecule has 7 nitrogen and oxygen atoms in total. The maximum Gasteiger partial charge on any atom is 0.270 e. The minimum absolute atomic E-state index is 0.0672. The van der Waals surface area contributed by atoms with Gasteiger partial charge in [0.05, 0.1) is 0 Å². The number of likely N-dealkylation sites (tertiary alicyclic amines) is 1. The van der Waals surface area contributed by atoms with Gasteiger partial charge in [0.2, 0.25) is 0 Å². The second-order valence-corrected chi connectivity index (χ2v) is 7.17. The molecule has 1 saturated heterocycles. The van der Waals surface area contributed by atoms with E-state index in [4.69, 9.17) is 10.1 Å². The predicted octanol–water partition coefficient (Wildman–Crippen LogP) is 2.76. The number of aromatic nitrogens is 5. The lowest BCUT2D eigenvalue weighted by Gasteiger charge is -2.16. The van der Waals surface area contributed by atoms with Gasteiger partial charge >= 0.3 is 0 Å². The van der Waals surface area contributed by atoms with Crippen LogP contribution in [0.4, 0.5) is 0 Å². The Labute approximate surface area is 162 Å². The first-order valence-corrected chi connectivity index (χ1v) is 9.36. The highest BCUT2D eigenvalue weighted by Gasteiger charge is 2.31. The molecule has 1 fully saturated rings. The van der Waals surface area contributed by atoms with Crippen LogP contribution in [0, 0.1) is 0 Å². The summed E-state index contributed by atoms with van der Waals surface area (Å²) in [5.41, 5.74) is 3.62. The van der Waals surface area contributed by atoms with Gasteiger partial charge in [-0.2, -0.15) is 5.10 Å². The summed E-state index contributed by atoms with van der Waals surface area (Å²) in [6.45, 7) is 1.38. The number of carbonyl (C=O) groups excluding carboxylic acids is 1. The standard InChI is InChI=1S/C21H20N6O/c1-25-10-3-5-18(25)21(28)26-11-8-17(13-26)20-23-19-7-6-16(14-27(19)24-20)15-4-2-9-22-12-15/h2-7,9-10,12,14,17H,8,11,13H2,1H3/t17-/m1/s1. The van der Waals surface area contributed by atoms with Gasteiger partial charge in [0.25, 0.3) is 5.91 Å². The Morgan fingerprint density at radius 2 is 2.07 bits per heavy atom. The van der Waals surface area contributed by atoms with Crippen molar-refractivity contribution in [3.63, 3.8) is 0 Å². The summed E-state index contributed by atoms with van der Waals surface area (Å²) in [5, 5.41) is 4.70. The van der Waals surface area contributed by atoms with Crippen LogP contribution < -0.4 is 0 Å². The molecule has 1 amide bonds. The Bertz CT molecular complexity index is 1150. The van der Waals surface area contributed by atoms with Gasteiger partial charge < -0.3 is 9.47 Å². The highest BCUT2D eigenvalue weighted by Crippen LogP contribution is 2.27. The molecule has 7 heteroatoms. The summed E-state index contributed by atoms with van der Waals surface area (Å²) < 4.78 is 3.68. The van der Waals surface area contributed by atoms with Gasteiger partial charge in [-0.3, -0.25) is 9.78 Å². The summed E-state index contributed by atoms with van der Waals surface area (Å²) in [7, 11) is 1.89. The Morgan fingerprint density at radius 3 is 2.86 bits per heavy atom. The number of hydrogen-bond acceptors (Lipinski definition) is 4. The molecule has 1 aliphatic rings. The third-order valence-electron chi connectivity index (χ3n) is 5.35. The average Bonchev–Trinajstić information content (AvgIpc) is 3.46. The van der Waals surface area contributed by atoms with E-state index in [0.717, 1.165) is 35.6 Å². The molecule has 0 radical (unpaired) electrons. The van der Waals surface area contributed by atoms with Crippen LogP contribution in [0.1, 0.15) is 28.7 Å². The van der Waals surface area contributed by atoms with Crippen molar-refractivity contribution in [2.24, 2.45) is 7.05 Å². The molecule has 28 heavy (non-hydrogen) atoms. The molecular formula is C21H20N6O. The summed E-state index contributed by atoms with van der Waals surface area (Å²) >= 11 is 0. The molecule has 4 aromatic heterocycles. The quantitative estimate of drug-likeness (QED) is 0.555. The predicted molar refractivity (Wildman–Crippen MR) is 105 cm³/mol. The van der Waals surface area contributed by atoms with E-state index in [1.54, 1.807) is 6.20 Å². The van der Waals surface area contributed by atoms with E-state index in [1.165, 1.54) is 0 Å². The molecule has 5 heterocycles. The largest absolute Gasteiger partial charge is 0.347 e. The molecule has 1 atom stereocenters. The molecule has 0 spiro atoms. The van der Waals surface area contributed by atoms with Crippen molar-refractivity contribution in [1.82, 2.24) is 29.0 Å². The van der Waals surface area contributed by atoms with Crippen LogP contribution in [0.2, 0.25) is 0 Å². The number of rotatable bonds is 3. The topological polar surface area (TPSA) is 68.3 Å². The van der Waals surface area contributed by atoms with E-state index in [0.29, 0.717) is 12.2 Å². The molecule has 5 rings (SSSR count). The lowest BCUT2D eigenvalue weighted by molar-refractivity contribution is 0.0781. The number of hydrogen-bond donors (Lipinski definition) is 0. The van der Waals surface area contributed by atoms with Gasteiger partial charge in [-0.15, -0.1) is 0 Å². The zero-order chi connectivity index (χ0) is 19.1. The van der Waals surface area contributed by atoms with E-state index in [-0.39, 0.29) is 11.8 Å². The Morgan fingerprint density at radius 1 is 1.14 bits per heavy atom. The van der Waals surface area contributed by atoms with Crippen molar-refractivity contribution in [1.29, 1.82) is 0 Å². The molecule has 4 aromatic rings. The number of nitrogens with zero attached hydrogens (tertiary/aromatic N) is 6. The highest BCUT2D eigenvalue weighted by molar-refractivity contribution is 5.93. The maximum absolute atomic E-state index is 12.7. The number of amides is 1. The first-order chi connectivity index (χ1) is 13.7. The van der Waals surface area contributed by atoms with Crippen molar-refractivity contribution < 1.29 is 4.79 Å². The van der Waals surface area contributed by atoms with Gasteiger partial charge in [0, 0.05) is 62.0 Å². The zero-order valence-corrected chi connectivity index (χ0v) is 15.6. The first-order valence-electron chi connectivity index (χ1n) is 9.36. The minimum atomic E-state index is 0.0672. The van der Waals surface area contributed by atoms with Crippen molar-refractivity contribution in [3.8, 4) is 11.1 Å². The second-order valence-electron chi connectivity index (χ2n) is 7.17. The van der Waals surface area contributed by atoms with Crippen molar-refractivity contribution in [2.45, 2.75) is 12.3 Å². The molecule has 0 bridgehead atoms. The van der Waals surface area contributed by atoms with Crippen molar-refractivity contribution >= 4 is 11.6 Å². The summed E-state index contributed by atoms with van der Waals surface area (Å²) in [6.07, 6.45) is 8.35. The number of aryl methyl sites for hydroxylation is 1. The molecule has 0 N–H and O–H groups in total. The second kappa shape index (κ2) is 6.60. The van der Waals surface area contributed by atoms with Gasteiger partial charge in [-0.25, -0.2) is 9.50 Å². The van der Waals surface area contributed by atoms with Crippen molar-refractivity contribution in [3.05, 3.63) is 72.7 Å². The van der Waals surface area contributed by atoms with Crippen LogP contribution in [0.25, 0.3) is 16.8 Å². The molecule has 0 aromatic carbocycles. The minimum Gasteiger partial charge on any atom is -0.347 e. The summed E-state index contributed by atoms with van der Waals surface area (Å²) in [4.78, 5) is 23.5. The van der Waals surface area contributed by atoms with E-state index in [1.807, 2.05) is 76.0 Å². The summed E-state index contributed by atoms with van der Waals surface area (Å²) in [6, 6.07) is 11.7. The van der Waals surface area contributed by atoms with Crippen LogP contribution >= 0.6 is 0 Å². The van der Waals surface area contributed by atoms with Crippen LogP contribution in [0.15, 0.2) is 61.2 Å². The summed E-state index contributed by atoms with van der Waals surface area (Å²) in [5.74, 6) is 1.02. The van der Waals surface area contributed by atoms with Gasteiger partial charge in [-0.05, 0) is 36.8 Å². The van der Waals surface area contributed by atoms with Crippen molar-refractivity contribution in [2.75, 3.05) is 13.1 Å². The molecule has 0 aliphatic carbocycles. The van der Waals surface area contributed by atoms with Crippen LogP contribution in [-0.4, -0.2) is 48.0 Å². The van der Waals surface area contributed by atoms with E-state index in [2.05, 4.69) is 4.98 Å². The van der Waals surface area contributed by atoms with E-state index < -0.39 is 0 Å². The van der Waals surface area contributed by atoms with Crippen LogP contribution in [-0.2, 0) is 7.05 Å². The molecule has 1 aliphatic heterocycles. The fourth-order valence-electron chi connectivity index (χ4n) is 3.78. The lowest BCUT2D eigenvalue weighted by Crippen LogP contribution is -2.30. The fourth-order valence-corrected chi connectivity index (χ4v) is 3.78. The Kier molecular flexibility index (Phi) is 3.93. The van der Waals surface area contributed by atoms with Crippen LogP contribution in [0.5, 0.6) is 0 Å². The molecule has 140 valence electrons. The Balaban J connectivity index is 1.38. The van der Waals surface area contributed by atoms with Gasteiger partial charge in [0.15, 0.2) is 11.5 Å². The van der Waals surface area contributed by atoms with Crippen LogP contribution in [0.3, 0.4) is 0 Å². The number of carbonyl (C=O) groups is 1. The van der Waals surface area contributed by atoms with Gasteiger partial charge in [0.1, 0.15) is 5.69 Å². The first kappa shape index (κ1) is 16.7. The molecule has 0 unspecified atom stereocenters. The maximum atomic E-state index is 12.7. The smallest absolute Gasteiger partial charge is 0.270 e. The third kappa shape index (κ3) is 2.85.